The van der Waals surface area contributed by atoms with Gasteiger partial charge in [0, 0.05) is 9.89 Å². The summed E-state index contributed by atoms with van der Waals surface area (Å²) in [5.41, 5.74) is 2.40. The highest BCUT2D eigenvalue weighted by Crippen LogP contribution is 2.48. The average molecular weight is 503 g/mol. The molecule has 2 aromatic carbocycles. The molecule has 0 spiro atoms. The number of fused-ring (bicyclic) bond motifs is 6. The second kappa shape index (κ2) is 6.99. The third-order valence-electron chi connectivity index (χ3n) is 5.84. The normalized spacial score (nSPS) is 15.3. The van der Waals surface area contributed by atoms with Crippen molar-refractivity contribution in [3.8, 4) is 11.6 Å². The van der Waals surface area contributed by atoms with Gasteiger partial charge in [-0.15, -0.1) is 5.10 Å². The Labute approximate surface area is 197 Å². The Kier molecular flexibility index (Phi) is 4.26. The van der Waals surface area contributed by atoms with E-state index in [9.17, 15) is 4.79 Å². The Bertz CT molecular complexity index is 1610. The van der Waals surface area contributed by atoms with Crippen molar-refractivity contribution in [3.63, 3.8) is 0 Å². The van der Waals surface area contributed by atoms with Crippen LogP contribution in [0, 0.1) is 0 Å². The molecule has 1 aliphatic heterocycles. The maximum absolute atomic E-state index is 13.3. The molecular formula is C25H19BrN4O3. The van der Waals surface area contributed by atoms with Gasteiger partial charge in [-0.2, -0.15) is 0 Å². The summed E-state index contributed by atoms with van der Waals surface area (Å²) in [6.07, 6.45) is 1.60. The molecule has 1 unspecified atom stereocenters. The minimum atomic E-state index is -0.481. The van der Waals surface area contributed by atoms with Gasteiger partial charge in [0.1, 0.15) is 11.9 Å². The first kappa shape index (κ1) is 20.1. The number of para-hydroxylation sites is 1. The van der Waals surface area contributed by atoms with E-state index in [1.807, 2.05) is 42.5 Å². The third-order valence-corrected chi connectivity index (χ3v) is 6.36. The standard InChI is InChI=1S/C25H19BrN4O3/c1-25(2,3)24-28-21-19-17(13-8-10-14(26)11-9-13)18-20(33-22(19)27-12-30(21)29-24)15-6-4-5-7-16(15)32-23(18)31/h4-12,17H,1-3H3. The summed E-state index contributed by atoms with van der Waals surface area (Å²) in [5.74, 6) is 1.08. The van der Waals surface area contributed by atoms with Crippen LogP contribution in [0.25, 0.3) is 16.6 Å². The summed E-state index contributed by atoms with van der Waals surface area (Å²) in [6.45, 7) is 6.17. The molecule has 1 aliphatic rings. The number of hydrogen-bond acceptors (Lipinski definition) is 6. The lowest BCUT2D eigenvalue weighted by Gasteiger charge is -2.27. The minimum Gasteiger partial charge on any atom is -0.437 e. The molecular weight excluding hydrogens is 484 g/mol. The lowest BCUT2D eigenvalue weighted by molar-refractivity contribution is 0.422. The topological polar surface area (TPSA) is 82.5 Å². The molecule has 5 aromatic rings. The van der Waals surface area contributed by atoms with Gasteiger partial charge in [-0.05, 0) is 29.8 Å². The van der Waals surface area contributed by atoms with Gasteiger partial charge < -0.3 is 9.15 Å². The van der Waals surface area contributed by atoms with Gasteiger partial charge in [0.05, 0.1) is 22.4 Å². The molecule has 0 saturated heterocycles. The second-order valence-corrected chi connectivity index (χ2v) is 10.0. The Morgan fingerprint density at radius 3 is 2.55 bits per heavy atom. The van der Waals surface area contributed by atoms with Gasteiger partial charge in [-0.3, -0.25) is 0 Å². The van der Waals surface area contributed by atoms with Crippen LogP contribution in [0.1, 0.15) is 49.2 Å². The van der Waals surface area contributed by atoms with Crippen LogP contribution in [0.2, 0.25) is 0 Å². The zero-order valence-electron chi connectivity index (χ0n) is 18.2. The molecule has 8 heteroatoms. The average Bonchev–Trinajstić information content (AvgIpc) is 3.24. The molecule has 7 nitrogen and oxygen atoms in total. The summed E-state index contributed by atoms with van der Waals surface area (Å²) >= 11 is 3.50. The zero-order chi connectivity index (χ0) is 22.9. The summed E-state index contributed by atoms with van der Waals surface area (Å²) in [6, 6.07) is 15.2. The molecule has 33 heavy (non-hydrogen) atoms. The van der Waals surface area contributed by atoms with Crippen LogP contribution in [0.15, 0.2) is 68.5 Å². The maximum atomic E-state index is 13.3. The molecule has 3 aromatic heterocycles. The van der Waals surface area contributed by atoms with Crippen LogP contribution in [0.5, 0.6) is 11.6 Å². The fourth-order valence-electron chi connectivity index (χ4n) is 4.24. The van der Waals surface area contributed by atoms with E-state index in [1.54, 1.807) is 16.9 Å². The van der Waals surface area contributed by atoms with Crippen molar-refractivity contribution >= 4 is 32.5 Å². The van der Waals surface area contributed by atoms with Crippen LogP contribution >= 0.6 is 15.9 Å². The van der Waals surface area contributed by atoms with Crippen LogP contribution in [0.3, 0.4) is 0 Å². The molecule has 0 N–H and O–H groups in total. The first-order valence-corrected chi connectivity index (χ1v) is 11.4. The quantitative estimate of drug-likeness (QED) is 0.273. The molecule has 0 amide bonds. The van der Waals surface area contributed by atoms with Crippen LogP contribution < -0.4 is 10.4 Å². The van der Waals surface area contributed by atoms with Gasteiger partial charge in [-0.1, -0.05) is 61.0 Å². The Morgan fingerprint density at radius 1 is 1.03 bits per heavy atom. The Hall–Kier alpha value is -3.52. The van der Waals surface area contributed by atoms with Crippen molar-refractivity contribution in [1.82, 2.24) is 19.6 Å². The number of aromatic nitrogens is 4. The van der Waals surface area contributed by atoms with Gasteiger partial charge in [0.15, 0.2) is 17.2 Å². The first-order valence-electron chi connectivity index (χ1n) is 10.6. The summed E-state index contributed by atoms with van der Waals surface area (Å²) in [5, 5.41) is 5.36. The largest absolute Gasteiger partial charge is 0.437 e. The van der Waals surface area contributed by atoms with Crippen molar-refractivity contribution in [2.75, 3.05) is 0 Å². The lowest BCUT2D eigenvalue weighted by atomic mass is 9.84. The van der Waals surface area contributed by atoms with Gasteiger partial charge >= 0.3 is 5.63 Å². The number of benzene rings is 2. The predicted octanol–water partition coefficient (Wildman–Crippen LogP) is 5.58. The SMILES string of the molecule is CC(C)(C)c1nc2c3c(ncn2n1)Oc1c(c(=O)oc2ccccc12)C3c1ccc(Br)cc1. The molecule has 4 heterocycles. The summed E-state index contributed by atoms with van der Waals surface area (Å²) in [7, 11) is 0. The summed E-state index contributed by atoms with van der Waals surface area (Å²) in [4.78, 5) is 22.7. The molecule has 0 fully saturated rings. The lowest BCUT2D eigenvalue weighted by Crippen LogP contribution is -2.22. The van der Waals surface area contributed by atoms with Crippen LogP contribution in [-0.4, -0.2) is 19.6 Å². The van der Waals surface area contributed by atoms with Gasteiger partial charge in [0.2, 0.25) is 5.88 Å². The summed E-state index contributed by atoms with van der Waals surface area (Å²) < 4.78 is 14.6. The third kappa shape index (κ3) is 3.08. The molecule has 164 valence electrons. The van der Waals surface area contributed by atoms with E-state index in [0.29, 0.717) is 39.8 Å². The number of hydrogen-bond donors (Lipinski definition) is 0. The molecule has 0 bridgehead atoms. The highest BCUT2D eigenvalue weighted by atomic mass is 79.9. The Balaban J connectivity index is 1.72. The van der Waals surface area contributed by atoms with E-state index < -0.39 is 11.5 Å². The van der Waals surface area contributed by atoms with E-state index in [-0.39, 0.29) is 5.41 Å². The fraction of sp³-hybridized carbons (Fsp3) is 0.200. The van der Waals surface area contributed by atoms with Crippen LogP contribution in [0.4, 0.5) is 0 Å². The molecule has 0 radical (unpaired) electrons. The van der Waals surface area contributed by atoms with Crippen molar-refractivity contribution in [1.29, 1.82) is 0 Å². The number of halogens is 1. The van der Waals surface area contributed by atoms with E-state index in [1.165, 1.54) is 0 Å². The van der Waals surface area contributed by atoms with Crippen molar-refractivity contribution < 1.29 is 9.15 Å². The molecule has 1 atom stereocenters. The van der Waals surface area contributed by atoms with E-state index in [0.717, 1.165) is 15.4 Å². The predicted molar refractivity (Wildman–Crippen MR) is 127 cm³/mol. The van der Waals surface area contributed by atoms with Crippen molar-refractivity contribution in [2.24, 2.45) is 0 Å². The van der Waals surface area contributed by atoms with E-state index in [2.05, 4.69) is 46.8 Å². The van der Waals surface area contributed by atoms with Gasteiger partial charge in [-0.25, -0.2) is 19.3 Å². The van der Waals surface area contributed by atoms with Crippen molar-refractivity contribution in [3.05, 3.63) is 92.3 Å². The van der Waals surface area contributed by atoms with E-state index in [4.69, 9.17) is 14.1 Å². The maximum Gasteiger partial charge on any atom is 0.344 e. The molecule has 0 aliphatic carbocycles. The Morgan fingerprint density at radius 2 is 1.79 bits per heavy atom. The first-order chi connectivity index (χ1) is 15.8. The zero-order valence-corrected chi connectivity index (χ0v) is 19.8. The highest BCUT2D eigenvalue weighted by molar-refractivity contribution is 9.10. The molecule has 0 saturated carbocycles. The minimum absolute atomic E-state index is 0.255. The smallest absolute Gasteiger partial charge is 0.344 e. The number of ether oxygens (including phenoxy) is 1. The number of nitrogens with zero attached hydrogens (tertiary/aromatic N) is 4. The highest BCUT2D eigenvalue weighted by Gasteiger charge is 2.38. The van der Waals surface area contributed by atoms with Crippen LogP contribution in [-0.2, 0) is 5.41 Å². The van der Waals surface area contributed by atoms with E-state index >= 15 is 0 Å². The van der Waals surface area contributed by atoms with Gasteiger partial charge in [0.25, 0.3) is 0 Å². The molecule has 6 rings (SSSR count). The number of rotatable bonds is 1. The monoisotopic (exact) mass is 502 g/mol. The fourth-order valence-corrected chi connectivity index (χ4v) is 4.50. The van der Waals surface area contributed by atoms with Crippen molar-refractivity contribution in [2.45, 2.75) is 32.1 Å². The second-order valence-electron chi connectivity index (χ2n) is 9.13.